The van der Waals surface area contributed by atoms with Gasteiger partial charge in [-0.1, -0.05) is 36.4 Å². The second-order valence-electron chi connectivity index (χ2n) is 7.52. The van der Waals surface area contributed by atoms with Crippen LogP contribution >= 0.6 is 0 Å². The van der Waals surface area contributed by atoms with Gasteiger partial charge < -0.3 is 15.9 Å². The molecule has 1 aromatic heterocycles. The summed E-state index contributed by atoms with van der Waals surface area (Å²) in [4.78, 5) is 0. The van der Waals surface area contributed by atoms with Crippen LogP contribution < -0.4 is 11.5 Å². The van der Waals surface area contributed by atoms with E-state index < -0.39 is 0 Å². The van der Waals surface area contributed by atoms with Gasteiger partial charge in [-0.05, 0) is 75.6 Å². The summed E-state index contributed by atoms with van der Waals surface area (Å²) in [5, 5.41) is 6.77. The Labute approximate surface area is 167 Å². The Bertz CT molecular complexity index is 1580. The van der Waals surface area contributed by atoms with Crippen molar-refractivity contribution >= 4 is 54.9 Å². The monoisotopic (exact) mass is 374 g/mol. The number of hydrogen-bond acceptors (Lipinski definition) is 3. The summed E-state index contributed by atoms with van der Waals surface area (Å²) in [6.45, 7) is 0. The molecule has 0 saturated heterocycles. The van der Waals surface area contributed by atoms with Gasteiger partial charge in [-0.25, -0.2) is 0 Å². The fraction of sp³-hybridized carbons (Fsp3) is 0. The summed E-state index contributed by atoms with van der Waals surface area (Å²) < 4.78 is 6.10. The third-order valence-corrected chi connectivity index (χ3v) is 5.70. The number of nitrogens with two attached hydrogens (primary N) is 2. The summed E-state index contributed by atoms with van der Waals surface area (Å²) in [5.74, 6) is 0. The lowest BCUT2D eigenvalue weighted by Crippen LogP contribution is -1.92. The van der Waals surface area contributed by atoms with E-state index in [9.17, 15) is 0 Å². The third kappa shape index (κ3) is 2.38. The SMILES string of the molecule is Nc1ccc2cc3c(-c4ccc5c(c4)oc4ccccc45)c(N)ccc3cc2c1. The van der Waals surface area contributed by atoms with Crippen LogP contribution in [0.25, 0.3) is 54.6 Å². The van der Waals surface area contributed by atoms with Gasteiger partial charge in [-0.2, -0.15) is 0 Å². The van der Waals surface area contributed by atoms with Crippen molar-refractivity contribution in [2.45, 2.75) is 0 Å². The molecule has 0 bridgehead atoms. The van der Waals surface area contributed by atoms with Crippen molar-refractivity contribution in [2.75, 3.05) is 11.5 Å². The normalized spacial score (nSPS) is 11.7. The number of anilines is 2. The van der Waals surface area contributed by atoms with Crippen LogP contribution in [0.2, 0.25) is 0 Å². The van der Waals surface area contributed by atoms with E-state index in [0.29, 0.717) is 0 Å². The lowest BCUT2D eigenvalue weighted by atomic mass is 9.93. The molecule has 1 heterocycles. The number of nitrogen functional groups attached to an aromatic ring is 2. The van der Waals surface area contributed by atoms with Gasteiger partial charge in [0.15, 0.2) is 0 Å². The maximum Gasteiger partial charge on any atom is 0.136 e. The van der Waals surface area contributed by atoms with E-state index in [4.69, 9.17) is 15.9 Å². The van der Waals surface area contributed by atoms with Crippen LogP contribution in [0.4, 0.5) is 11.4 Å². The summed E-state index contributed by atoms with van der Waals surface area (Å²) in [6.07, 6.45) is 0. The molecule has 6 rings (SSSR count). The minimum absolute atomic E-state index is 0.753. The molecule has 0 atom stereocenters. The largest absolute Gasteiger partial charge is 0.456 e. The molecule has 0 aliphatic rings. The summed E-state index contributed by atoms with van der Waals surface area (Å²) >= 11 is 0. The molecule has 29 heavy (non-hydrogen) atoms. The molecular formula is C26H18N2O. The van der Waals surface area contributed by atoms with Crippen LogP contribution in [0.1, 0.15) is 0 Å². The minimum Gasteiger partial charge on any atom is -0.456 e. The van der Waals surface area contributed by atoms with Gasteiger partial charge in [-0.15, -0.1) is 0 Å². The Hall–Kier alpha value is -3.98. The topological polar surface area (TPSA) is 65.2 Å². The Morgan fingerprint density at radius 3 is 2.31 bits per heavy atom. The number of furan rings is 1. The summed E-state index contributed by atoms with van der Waals surface area (Å²) in [7, 11) is 0. The van der Waals surface area contributed by atoms with Gasteiger partial charge >= 0.3 is 0 Å². The standard InChI is InChI=1S/C26H18N2O/c27-19-8-5-15-13-22-16(11-18(15)12-19)7-10-23(28)26(22)17-6-9-21-20-3-1-2-4-24(20)29-25(21)14-17/h1-14H,27-28H2. The first-order valence-electron chi connectivity index (χ1n) is 9.60. The predicted molar refractivity (Wildman–Crippen MR) is 123 cm³/mol. The highest BCUT2D eigenvalue weighted by Gasteiger charge is 2.13. The van der Waals surface area contributed by atoms with Gasteiger partial charge in [0, 0.05) is 27.7 Å². The first-order valence-corrected chi connectivity index (χ1v) is 9.60. The van der Waals surface area contributed by atoms with Crippen LogP contribution in [0, 0.1) is 0 Å². The number of fused-ring (bicyclic) bond motifs is 5. The van der Waals surface area contributed by atoms with Crippen molar-refractivity contribution < 1.29 is 4.42 Å². The molecule has 4 N–H and O–H groups in total. The molecule has 6 aromatic rings. The molecule has 5 aromatic carbocycles. The molecule has 0 spiro atoms. The van der Waals surface area contributed by atoms with E-state index in [0.717, 1.165) is 66.0 Å². The minimum atomic E-state index is 0.753. The first kappa shape index (κ1) is 16.0. The van der Waals surface area contributed by atoms with Crippen LogP contribution in [-0.4, -0.2) is 0 Å². The number of para-hydroxylation sites is 1. The van der Waals surface area contributed by atoms with Crippen LogP contribution in [0.3, 0.4) is 0 Å². The molecule has 0 aliphatic heterocycles. The average Bonchev–Trinajstić information content (AvgIpc) is 3.10. The zero-order valence-corrected chi connectivity index (χ0v) is 15.6. The highest BCUT2D eigenvalue weighted by atomic mass is 16.3. The molecule has 138 valence electrons. The molecule has 0 aliphatic carbocycles. The molecule has 0 saturated carbocycles. The van der Waals surface area contributed by atoms with Gasteiger partial charge in [0.25, 0.3) is 0 Å². The quantitative estimate of drug-likeness (QED) is 0.248. The summed E-state index contributed by atoms with van der Waals surface area (Å²) in [5.41, 5.74) is 17.8. The second-order valence-corrected chi connectivity index (χ2v) is 7.52. The third-order valence-electron chi connectivity index (χ3n) is 5.70. The number of hydrogen-bond donors (Lipinski definition) is 2. The van der Waals surface area contributed by atoms with Crippen molar-refractivity contribution in [1.82, 2.24) is 0 Å². The van der Waals surface area contributed by atoms with Crippen LogP contribution in [0.15, 0.2) is 89.3 Å². The zero-order chi connectivity index (χ0) is 19.5. The smallest absolute Gasteiger partial charge is 0.136 e. The van der Waals surface area contributed by atoms with Crippen molar-refractivity contribution in [3.05, 3.63) is 84.9 Å². The summed E-state index contributed by atoms with van der Waals surface area (Å²) in [6, 6.07) is 28.8. The molecule has 0 fully saturated rings. The Balaban J connectivity index is 1.66. The average molecular weight is 374 g/mol. The molecule has 0 radical (unpaired) electrons. The highest BCUT2D eigenvalue weighted by Crippen LogP contribution is 2.39. The van der Waals surface area contributed by atoms with Gasteiger partial charge in [0.2, 0.25) is 0 Å². The van der Waals surface area contributed by atoms with Crippen LogP contribution in [0.5, 0.6) is 0 Å². The molecule has 3 heteroatoms. The van der Waals surface area contributed by atoms with Crippen molar-refractivity contribution in [3.63, 3.8) is 0 Å². The van der Waals surface area contributed by atoms with Crippen molar-refractivity contribution in [2.24, 2.45) is 0 Å². The Morgan fingerprint density at radius 2 is 1.38 bits per heavy atom. The molecule has 3 nitrogen and oxygen atoms in total. The van der Waals surface area contributed by atoms with Gasteiger partial charge in [-0.3, -0.25) is 0 Å². The van der Waals surface area contributed by atoms with E-state index in [1.807, 2.05) is 36.4 Å². The maximum absolute atomic E-state index is 6.46. The second kappa shape index (κ2) is 5.76. The zero-order valence-electron chi connectivity index (χ0n) is 15.6. The predicted octanol–water partition coefficient (Wildman–Crippen LogP) is 6.72. The Kier molecular flexibility index (Phi) is 3.18. The maximum atomic E-state index is 6.46. The van der Waals surface area contributed by atoms with E-state index in [-0.39, 0.29) is 0 Å². The molecule has 0 amide bonds. The fourth-order valence-electron chi connectivity index (χ4n) is 4.31. The number of benzene rings is 5. The molecule has 0 unspecified atom stereocenters. The van der Waals surface area contributed by atoms with E-state index in [1.54, 1.807) is 0 Å². The first-order chi connectivity index (χ1) is 14.2. The van der Waals surface area contributed by atoms with E-state index in [2.05, 4.69) is 48.5 Å². The van der Waals surface area contributed by atoms with Crippen LogP contribution in [-0.2, 0) is 0 Å². The van der Waals surface area contributed by atoms with E-state index >= 15 is 0 Å². The number of rotatable bonds is 1. The molecular weight excluding hydrogens is 356 g/mol. The van der Waals surface area contributed by atoms with E-state index in [1.165, 1.54) is 0 Å². The van der Waals surface area contributed by atoms with Gasteiger partial charge in [0.05, 0.1) is 0 Å². The lowest BCUT2D eigenvalue weighted by Gasteiger charge is -2.12. The Morgan fingerprint density at radius 1 is 0.552 bits per heavy atom. The highest BCUT2D eigenvalue weighted by molar-refractivity contribution is 6.11. The lowest BCUT2D eigenvalue weighted by molar-refractivity contribution is 0.669. The van der Waals surface area contributed by atoms with Crippen molar-refractivity contribution in [1.29, 1.82) is 0 Å². The fourth-order valence-corrected chi connectivity index (χ4v) is 4.31. The van der Waals surface area contributed by atoms with Gasteiger partial charge in [0.1, 0.15) is 11.2 Å². The van der Waals surface area contributed by atoms with Crippen molar-refractivity contribution in [3.8, 4) is 11.1 Å².